The molecule has 1 saturated carbocycles. The third-order valence-corrected chi connectivity index (χ3v) is 5.13. The highest BCUT2D eigenvalue weighted by Gasteiger charge is 2.30. The molecule has 24 heavy (non-hydrogen) atoms. The van der Waals surface area contributed by atoms with Crippen LogP contribution in [-0.4, -0.2) is 28.1 Å². The Morgan fingerprint density at radius 3 is 2.58 bits per heavy atom. The fraction of sp³-hybridized carbons (Fsp3) is 0.550. The minimum atomic E-state index is -0.944. The van der Waals surface area contributed by atoms with Crippen LogP contribution in [0.15, 0.2) is 23.2 Å². The lowest BCUT2D eigenvalue weighted by atomic mass is 9.81. The summed E-state index contributed by atoms with van der Waals surface area (Å²) in [6.45, 7) is 4.12. The van der Waals surface area contributed by atoms with Crippen molar-refractivity contribution < 1.29 is 14.7 Å². The van der Waals surface area contributed by atoms with Crippen molar-refractivity contribution in [1.29, 1.82) is 0 Å². The standard InChI is InChI=1S/C20H25NO3/c1-20(2)12-15-9-8-14(19(23)24)10-16(15)17(21-20)11-18(22)13-6-4-3-5-7-13/h8-10,13H,3-7,11-12H2,1-2H3,(H,23,24). The molecule has 0 bridgehead atoms. The van der Waals surface area contributed by atoms with Crippen LogP contribution in [0.25, 0.3) is 0 Å². The van der Waals surface area contributed by atoms with E-state index in [1.807, 2.05) is 6.07 Å². The number of aliphatic imine (C=N–C) groups is 1. The maximum atomic E-state index is 12.7. The number of rotatable bonds is 4. The number of hydrogen-bond acceptors (Lipinski definition) is 3. The van der Waals surface area contributed by atoms with Crippen LogP contribution >= 0.6 is 0 Å². The molecule has 0 amide bonds. The monoisotopic (exact) mass is 327 g/mol. The van der Waals surface area contributed by atoms with Gasteiger partial charge in [-0.1, -0.05) is 25.3 Å². The van der Waals surface area contributed by atoms with Crippen molar-refractivity contribution in [3.63, 3.8) is 0 Å². The van der Waals surface area contributed by atoms with Gasteiger partial charge in [-0.3, -0.25) is 9.79 Å². The highest BCUT2D eigenvalue weighted by Crippen LogP contribution is 2.31. The Labute approximate surface area is 143 Å². The van der Waals surface area contributed by atoms with Gasteiger partial charge in [0.1, 0.15) is 5.78 Å². The van der Waals surface area contributed by atoms with E-state index in [0.29, 0.717) is 6.42 Å². The number of Topliss-reactive ketones (excluding diaryl/α,β-unsaturated/α-hetero) is 1. The first-order valence-electron chi connectivity index (χ1n) is 8.84. The first-order valence-corrected chi connectivity index (χ1v) is 8.84. The molecular formula is C20H25NO3. The van der Waals surface area contributed by atoms with E-state index in [1.54, 1.807) is 12.1 Å². The second-order valence-electron chi connectivity index (χ2n) is 7.70. The second kappa shape index (κ2) is 6.50. The highest BCUT2D eigenvalue weighted by atomic mass is 16.4. The number of aromatic carboxylic acids is 1. The molecule has 0 radical (unpaired) electrons. The van der Waals surface area contributed by atoms with E-state index in [4.69, 9.17) is 4.99 Å². The van der Waals surface area contributed by atoms with Crippen molar-refractivity contribution in [1.82, 2.24) is 0 Å². The predicted molar refractivity (Wildman–Crippen MR) is 93.9 cm³/mol. The first kappa shape index (κ1) is 16.9. The van der Waals surface area contributed by atoms with E-state index in [9.17, 15) is 14.7 Å². The Bertz CT molecular complexity index is 697. The van der Waals surface area contributed by atoms with E-state index >= 15 is 0 Å². The first-order chi connectivity index (χ1) is 11.4. The van der Waals surface area contributed by atoms with Crippen LogP contribution < -0.4 is 0 Å². The zero-order valence-electron chi connectivity index (χ0n) is 14.5. The molecular weight excluding hydrogens is 302 g/mol. The molecule has 3 rings (SSSR count). The molecule has 0 saturated heterocycles. The van der Waals surface area contributed by atoms with Crippen LogP contribution in [0.5, 0.6) is 0 Å². The van der Waals surface area contributed by atoms with E-state index in [2.05, 4.69) is 13.8 Å². The molecule has 1 aliphatic heterocycles. The van der Waals surface area contributed by atoms with Crippen molar-refractivity contribution in [3.05, 3.63) is 34.9 Å². The molecule has 1 aromatic rings. The van der Waals surface area contributed by atoms with Crippen molar-refractivity contribution in [2.24, 2.45) is 10.9 Å². The lowest BCUT2D eigenvalue weighted by molar-refractivity contribution is -0.122. The largest absolute Gasteiger partial charge is 0.478 e. The molecule has 0 spiro atoms. The third kappa shape index (κ3) is 3.58. The van der Waals surface area contributed by atoms with Gasteiger partial charge in [-0.15, -0.1) is 0 Å². The van der Waals surface area contributed by atoms with Crippen LogP contribution in [0.3, 0.4) is 0 Å². The lowest BCUT2D eigenvalue weighted by Gasteiger charge is -2.30. The maximum Gasteiger partial charge on any atom is 0.335 e. The van der Waals surface area contributed by atoms with Crippen LogP contribution in [0.4, 0.5) is 0 Å². The normalized spacial score (nSPS) is 20.2. The van der Waals surface area contributed by atoms with Gasteiger partial charge in [-0.05, 0) is 50.8 Å². The summed E-state index contributed by atoms with van der Waals surface area (Å²) in [6.07, 6.45) is 6.55. The molecule has 128 valence electrons. The number of fused-ring (bicyclic) bond motifs is 1. The molecule has 1 heterocycles. The fourth-order valence-electron chi connectivity index (χ4n) is 3.93. The molecule has 4 heteroatoms. The van der Waals surface area contributed by atoms with Gasteiger partial charge < -0.3 is 5.11 Å². The zero-order valence-corrected chi connectivity index (χ0v) is 14.5. The van der Waals surface area contributed by atoms with Gasteiger partial charge >= 0.3 is 5.97 Å². The summed E-state index contributed by atoms with van der Waals surface area (Å²) in [6, 6.07) is 5.20. The fourth-order valence-corrected chi connectivity index (χ4v) is 3.93. The predicted octanol–water partition coefficient (Wildman–Crippen LogP) is 4.05. The van der Waals surface area contributed by atoms with Crippen molar-refractivity contribution in [3.8, 4) is 0 Å². The molecule has 1 aliphatic carbocycles. The molecule has 4 nitrogen and oxygen atoms in total. The third-order valence-electron chi connectivity index (χ3n) is 5.13. The minimum Gasteiger partial charge on any atom is -0.478 e. The average Bonchev–Trinajstić information content (AvgIpc) is 2.54. The number of carboxylic acid groups (broad SMARTS) is 1. The summed E-state index contributed by atoms with van der Waals surface area (Å²) in [4.78, 5) is 28.8. The SMILES string of the molecule is CC1(C)Cc2ccc(C(=O)O)cc2C(CC(=O)C2CCCCC2)=N1. The Morgan fingerprint density at radius 1 is 1.21 bits per heavy atom. The van der Waals surface area contributed by atoms with Gasteiger partial charge in [0.15, 0.2) is 0 Å². The second-order valence-corrected chi connectivity index (χ2v) is 7.70. The average molecular weight is 327 g/mol. The topological polar surface area (TPSA) is 66.7 Å². The number of benzene rings is 1. The van der Waals surface area contributed by atoms with Crippen LogP contribution in [0.2, 0.25) is 0 Å². The quantitative estimate of drug-likeness (QED) is 0.907. The summed E-state index contributed by atoms with van der Waals surface area (Å²) in [5.74, 6) is -0.531. The molecule has 0 unspecified atom stereocenters. The van der Waals surface area contributed by atoms with Gasteiger partial charge in [0, 0.05) is 17.9 Å². The summed E-state index contributed by atoms with van der Waals surface area (Å²) in [5.41, 5.74) is 2.70. The number of carbonyl (C=O) groups is 2. The maximum absolute atomic E-state index is 12.7. The van der Waals surface area contributed by atoms with Crippen LogP contribution in [-0.2, 0) is 11.2 Å². The summed E-state index contributed by atoms with van der Waals surface area (Å²) in [7, 11) is 0. The number of nitrogens with zero attached hydrogens (tertiary/aromatic N) is 1. The molecule has 0 atom stereocenters. The Morgan fingerprint density at radius 2 is 1.92 bits per heavy atom. The molecule has 0 aromatic heterocycles. The highest BCUT2D eigenvalue weighted by molar-refractivity contribution is 6.13. The lowest BCUT2D eigenvalue weighted by Crippen LogP contribution is -2.31. The Hall–Kier alpha value is -1.97. The number of ketones is 1. The van der Waals surface area contributed by atoms with Crippen molar-refractivity contribution in [2.45, 2.75) is 64.3 Å². The summed E-state index contributed by atoms with van der Waals surface area (Å²) in [5, 5.41) is 9.25. The van der Waals surface area contributed by atoms with Gasteiger partial charge in [0.25, 0.3) is 0 Å². The number of carbonyl (C=O) groups excluding carboxylic acids is 1. The Balaban J connectivity index is 1.90. The summed E-state index contributed by atoms with van der Waals surface area (Å²) >= 11 is 0. The van der Waals surface area contributed by atoms with Gasteiger partial charge in [0.05, 0.1) is 16.8 Å². The van der Waals surface area contributed by atoms with E-state index in [-0.39, 0.29) is 22.8 Å². The smallest absolute Gasteiger partial charge is 0.335 e. The van der Waals surface area contributed by atoms with Gasteiger partial charge in [-0.2, -0.15) is 0 Å². The van der Waals surface area contributed by atoms with Gasteiger partial charge in [0.2, 0.25) is 0 Å². The molecule has 2 aliphatic rings. The van der Waals surface area contributed by atoms with E-state index in [0.717, 1.165) is 48.9 Å². The van der Waals surface area contributed by atoms with Crippen LogP contribution in [0.1, 0.15) is 73.9 Å². The van der Waals surface area contributed by atoms with E-state index in [1.165, 1.54) is 6.42 Å². The zero-order chi connectivity index (χ0) is 17.3. The van der Waals surface area contributed by atoms with E-state index < -0.39 is 5.97 Å². The molecule has 1 aromatic carbocycles. The number of carboxylic acids is 1. The minimum absolute atomic E-state index is 0.151. The van der Waals surface area contributed by atoms with Crippen molar-refractivity contribution >= 4 is 17.5 Å². The van der Waals surface area contributed by atoms with Gasteiger partial charge in [-0.25, -0.2) is 4.79 Å². The molecule has 1 fully saturated rings. The summed E-state index contributed by atoms with van der Waals surface area (Å²) < 4.78 is 0. The van der Waals surface area contributed by atoms with Crippen LogP contribution in [0, 0.1) is 5.92 Å². The van der Waals surface area contributed by atoms with Crippen molar-refractivity contribution in [2.75, 3.05) is 0 Å². The number of hydrogen-bond donors (Lipinski definition) is 1. The molecule has 1 N–H and O–H groups in total. The Kier molecular flexibility index (Phi) is 4.57.